The first kappa shape index (κ1) is 12.6. The van der Waals surface area contributed by atoms with E-state index >= 15 is 0 Å². The second-order valence-electron chi connectivity index (χ2n) is 3.85. The van der Waals surface area contributed by atoms with Gasteiger partial charge in [-0.05, 0) is 17.7 Å². The summed E-state index contributed by atoms with van der Waals surface area (Å²) < 4.78 is 25.3. The molecule has 0 aliphatic heterocycles. The Morgan fingerprint density at radius 2 is 2.22 bits per heavy atom. The summed E-state index contributed by atoms with van der Waals surface area (Å²) in [6.45, 7) is 0.176. The molecule has 1 heterocycles. The first-order valence-electron chi connectivity index (χ1n) is 5.23. The number of imidazole rings is 1. The van der Waals surface area contributed by atoms with E-state index in [4.69, 9.17) is 0 Å². The quantitative estimate of drug-likeness (QED) is 0.863. The lowest BCUT2D eigenvalue weighted by Gasteiger charge is -2.15. The number of nitrogens with one attached hydrogen (secondary N) is 1. The number of aromatic nitrogens is 2. The van der Waals surface area contributed by atoms with Gasteiger partial charge in [-0.2, -0.15) is 4.31 Å². The van der Waals surface area contributed by atoms with Crippen LogP contribution >= 0.6 is 0 Å². The summed E-state index contributed by atoms with van der Waals surface area (Å²) in [5, 5.41) is 9.38. The van der Waals surface area contributed by atoms with Gasteiger partial charge in [-0.25, -0.2) is 13.4 Å². The number of rotatable bonds is 4. The number of phenolic OH excluding ortho intramolecular Hbond substituents is 1. The Balaban J connectivity index is 2.20. The maximum absolute atomic E-state index is 12.1. The molecule has 0 fully saturated rings. The van der Waals surface area contributed by atoms with Crippen molar-refractivity contribution < 1.29 is 13.5 Å². The number of phenols is 1. The first-order chi connectivity index (χ1) is 8.50. The Bertz CT molecular complexity index is 623. The minimum Gasteiger partial charge on any atom is -0.508 e. The lowest BCUT2D eigenvalue weighted by atomic mass is 10.2. The van der Waals surface area contributed by atoms with Gasteiger partial charge in [0.1, 0.15) is 5.75 Å². The van der Waals surface area contributed by atoms with Crippen LogP contribution in [0, 0.1) is 0 Å². The van der Waals surface area contributed by atoms with Crippen LogP contribution in [0.1, 0.15) is 5.56 Å². The Labute approximate surface area is 105 Å². The monoisotopic (exact) mass is 267 g/mol. The number of hydrogen-bond acceptors (Lipinski definition) is 4. The van der Waals surface area contributed by atoms with Crippen molar-refractivity contribution in [2.24, 2.45) is 0 Å². The first-order valence-corrected chi connectivity index (χ1v) is 6.67. The normalized spacial score (nSPS) is 11.9. The zero-order valence-corrected chi connectivity index (χ0v) is 10.6. The third-order valence-electron chi connectivity index (χ3n) is 2.48. The summed E-state index contributed by atoms with van der Waals surface area (Å²) in [4.78, 5) is 6.26. The highest BCUT2D eigenvalue weighted by Crippen LogP contribution is 2.16. The molecular formula is C11H13N3O3S. The third-order valence-corrected chi connectivity index (χ3v) is 4.21. The van der Waals surface area contributed by atoms with Crippen LogP contribution < -0.4 is 0 Å². The van der Waals surface area contributed by atoms with Crippen LogP contribution in [0.15, 0.2) is 41.8 Å². The molecule has 1 aromatic carbocycles. The lowest BCUT2D eigenvalue weighted by molar-refractivity contribution is 0.456. The maximum atomic E-state index is 12.1. The molecule has 18 heavy (non-hydrogen) atoms. The van der Waals surface area contributed by atoms with E-state index in [0.29, 0.717) is 5.56 Å². The zero-order chi connectivity index (χ0) is 13.2. The SMILES string of the molecule is CN(Cc1cccc(O)c1)S(=O)(=O)c1cnc[nH]1. The highest BCUT2D eigenvalue weighted by Gasteiger charge is 2.22. The molecule has 0 spiro atoms. The van der Waals surface area contributed by atoms with E-state index in [1.165, 1.54) is 36.0 Å². The molecule has 0 saturated carbocycles. The number of hydrogen-bond donors (Lipinski definition) is 2. The molecule has 0 aliphatic rings. The predicted octanol–water partition coefficient (Wildman–Crippen LogP) is 0.936. The van der Waals surface area contributed by atoms with E-state index in [-0.39, 0.29) is 17.3 Å². The molecule has 0 unspecified atom stereocenters. The van der Waals surface area contributed by atoms with E-state index in [1.807, 2.05) is 0 Å². The summed E-state index contributed by atoms with van der Waals surface area (Å²) in [6, 6.07) is 6.48. The van der Waals surface area contributed by atoms with Gasteiger partial charge < -0.3 is 10.1 Å². The summed E-state index contributed by atoms with van der Waals surface area (Å²) in [5.74, 6) is 0.111. The molecule has 0 atom stereocenters. The highest BCUT2D eigenvalue weighted by atomic mass is 32.2. The second kappa shape index (κ2) is 4.79. The minimum absolute atomic E-state index is 0.0464. The number of benzene rings is 1. The van der Waals surface area contributed by atoms with Gasteiger partial charge in [0.2, 0.25) is 0 Å². The van der Waals surface area contributed by atoms with Crippen molar-refractivity contribution in [1.29, 1.82) is 0 Å². The molecule has 0 saturated heterocycles. The van der Waals surface area contributed by atoms with Gasteiger partial charge in [-0.3, -0.25) is 0 Å². The van der Waals surface area contributed by atoms with Crippen molar-refractivity contribution >= 4 is 10.0 Å². The Morgan fingerprint density at radius 1 is 1.44 bits per heavy atom. The molecule has 7 heteroatoms. The fraction of sp³-hybridized carbons (Fsp3) is 0.182. The minimum atomic E-state index is -3.57. The Kier molecular flexibility index (Phi) is 3.35. The zero-order valence-electron chi connectivity index (χ0n) is 9.74. The van der Waals surface area contributed by atoms with Crippen LogP contribution in [0.2, 0.25) is 0 Å². The fourth-order valence-electron chi connectivity index (χ4n) is 1.55. The number of nitrogens with zero attached hydrogens (tertiary/aromatic N) is 2. The molecule has 0 radical (unpaired) electrons. The van der Waals surface area contributed by atoms with Gasteiger partial charge >= 0.3 is 0 Å². The van der Waals surface area contributed by atoms with E-state index < -0.39 is 10.0 Å². The molecule has 0 amide bonds. The van der Waals surface area contributed by atoms with Gasteiger partial charge in [-0.1, -0.05) is 12.1 Å². The number of sulfonamides is 1. The van der Waals surface area contributed by atoms with Crippen molar-refractivity contribution in [3.05, 3.63) is 42.4 Å². The van der Waals surface area contributed by atoms with E-state index in [0.717, 1.165) is 0 Å². The summed E-state index contributed by atoms with van der Waals surface area (Å²) in [7, 11) is -2.10. The number of aromatic amines is 1. The van der Waals surface area contributed by atoms with E-state index in [1.54, 1.807) is 12.1 Å². The summed E-state index contributed by atoms with van der Waals surface area (Å²) in [5.41, 5.74) is 0.709. The molecule has 0 bridgehead atoms. The topological polar surface area (TPSA) is 86.3 Å². The van der Waals surface area contributed by atoms with Crippen LogP contribution in [-0.2, 0) is 16.6 Å². The van der Waals surface area contributed by atoms with Crippen molar-refractivity contribution in [3.8, 4) is 5.75 Å². The van der Waals surface area contributed by atoms with Crippen molar-refractivity contribution in [3.63, 3.8) is 0 Å². The smallest absolute Gasteiger partial charge is 0.260 e. The highest BCUT2D eigenvalue weighted by molar-refractivity contribution is 7.89. The van der Waals surface area contributed by atoms with Gasteiger partial charge in [0, 0.05) is 13.6 Å². The third kappa shape index (κ3) is 2.52. The number of H-pyrrole nitrogens is 1. The van der Waals surface area contributed by atoms with Crippen molar-refractivity contribution in [2.45, 2.75) is 11.6 Å². The predicted molar refractivity (Wildman–Crippen MR) is 65.3 cm³/mol. The molecule has 0 aliphatic carbocycles. The Morgan fingerprint density at radius 3 is 2.83 bits per heavy atom. The van der Waals surface area contributed by atoms with E-state index in [9.17, 15) is 13.5 Å². The fourth-order valence-corrected chi connectivity index (χ4v) is 2.60. The molecule has 2 N–H and O–H groups in total. The van der Waals surface area contributed by atoms with Gasteiger partial charge in [0.05, 0.1) is 12.5 Å². The Hall–Kier alpha value is -1.86. The molecule has 96 valence electrons. The van der Waals surface area contributed by atoms with Gasteiger partial charge in [0.15, 0.2) is 5.03 Å². The van der Waals surface area contributed by atoms with Crippen molar-refractivity contribution in [1.82, 2.24) is 14.3 Å². The lowest BCUT2D eigenvalue weighted by Crippen LogP contribution is -2.26. The second-order valence-corrected chi connectivity index (χ2v) is 5.86. The standard InChI is InChI=1S/C11H13N3O3S/c1-14(7-9-3-2-4-10(15)5-9)18(16,17)11-6-12-8-13-11/h2-6,8,15H,7H2,1H3,(H,12,13). The largest absolute Gasteiger partial charge is 0.508 e. The van der Waals surface area contributed by atoms with Crippen LogP contribution in [0.3, 0.4) is 0 Å². The van der Waals surface area contributed by atoms with Crippen LogP contribution in [0.4, 0.5) is 0 Å². The van der Waals surface area contributed by atoms with Crippen LogP contribution in [0.5, 0.6) is 5.75 Å². The summed E-state index contributed by atoms with van der Waals surface area (Å²) in [6.07, 6.45) is 2.57. The molecule has 1 aromatic heterocycles. The van der Waals surface area contributed by atoms with Gasteiger partial charge in [0.25, 0.3) is 10.0 Å². The molecule has 2 rings (SSSR count). The number of aromatic hydroxyl groups is 1. The van der Waals surface area contributed by atoms with Crippen LogP contribution in [-0.4, -0.2) is 34.8 Å². The molecule has 6 nitrogen and oxygen atoms in total. The van der Waals surface area contributed by atoms with E-state index in [2.05, 4.69) is 9.97 Å². The van der Waals surface area contributed by atoms with Crippen molar-refractivity contribution in [2.75, 3.05) is 7.05 Å². The maximum Gasteiger partial charge on any atom is 0.260 e. The van der Waals surface area contributed by atoms with Gasteiger partial charge in [-0.15, -0.1) is 0 Å². The molecular weight excluding hydrogens is 254 g/mol. The molecule has 2 aromatic rings. The van der Waals surface area contributed by atoms with Crippen LogP contribution in [0.25, 0.3) is 0 Å². The average Bonchev–Trinajstić information content (AvgIpc) is 2.82. The summed E-state index contributed by atoms with van der Waals surface area (Å²) >= 11 is 0. The average molecular weight is 267 g/mol.